The Balaban J connectivity index is 1.39. The lowest BCUT2D eigenvalue weighted by Gasteiger charge is -2.36. The quantitative estimate of drug-likeness (QED) is 0.377. The first-order valence-corrected chi connectivity index (χ1v) is 12.0. The van der Waals surface area contributed by atoms with Gasteiger partial charge in [-0.15, -0.1) is 0 Å². The van der Waals surface area contributed by atoms with Crippen LogP contribution >= 0.6 is 0 Å². The van der Waals surface area contributed by atoms with E-state index in [4.69, 9.17) is 4.74 Å². The maximum Gasteiger partial charge on any atom is 0.387 e. The lowest BCUT2D eigenvalue weighted by Crippen LogP contribution is -2.43. The number of para-hydroxylation sites is 1. The lowest BCUT2D eigenvalue weighted by atomic mass is 9.80. The van der Waals surface area contributed by atoms with Crippen LogP contribution in [0.4, 0.5) is 14.7 Å². The molecule has 1 fully saturated rings. The SMILES string of the molecule is Cc1nn2ccc(-c3cnc(N4CCC(C)(C(=O)O)CC4)nc3)cc2c1Cc1ccccc1OC(F)F. The molecule has 0 spiro atoms. The number of benzene rings is 1. The fourth-order valence-electron chi connectivity index (χ4n) is 4.71. The normalized spacial score (nSPS) is 15.3. The molecule has 10 heteroatoms. The first-order valence-electron chi connectivity index (χ1n) is 12.0. The summed E-state index contributed by atoms with van der Waals surface area (Å²) < 4.78 is 32.3. The summed E-state index contributed by atoms with van der Waals surface area (Å²) in [6, 6.07) is 10.7. The van der Waals surface area contributed by atoms with Crippen molar-refractivity contribution >= 4 is 17.4 Å². The molecule has 1 aliphatic rings. The minimum Gasteiger partial charge on any atom is -0.481 e. The van der Waals surface area contributed by atoms with Crippen molar-refractivity contribution in [2.45, 2.75) is 39.7 Å². The van der Waals surface area contributed by atoms with Crippen molar-refractivity contribution in [1.29, 1.82) is 0 Å². The number of alkyl halides is 2. The number of rotatable bonds is 7. The third kappa shape index (κ3) is 4.96. The molecule has 0 unspecified atom stereocenters. The van der Waals surface area contributed by atoms with Crippen LogP contribution in [0.25, 0.3) is 16.6 Å². The van der Waals surface area contributed by atoms with Gasteiger partial charge in [-0.25, -0.2) is 14.5 Å². The van der Waals surface area contributed by atoms with Gasteiger partial charge in [-0.05, 0) is 56.0 Å². The first-order chi connectivity index (χ1) is 17.7. The maximum atomic E-state index is 12.9. The van der Waals surface area contributed by atoms with Gasteiger partial charge in [0.2, 0.25) is 5.95 Å². The highest BCUT2D eigenvalue weighted by atomic mass is 19.3. The van der Waals surface area contributed by atoms with E-state index in [9.17, 15) is 18.7 Å². The Labute approximate surface area is 212 Å². The highest BCUT2D eigenvalue weighted by molar-refractivity contribution is 5.74. The molecule has 0 saturated carbocycles. The van der Waals surface area contributed by atoms with Crippen LogP contribution in [0, 0.1) is 12.3 Å². The number of carboxylic acids is 1. The van der Waals surface area contributed by atoms with Gasteiger partial charge in [0.15, 0.2) is 0 Å². The van der Waals surface area contributed by atoms with Crippen LogP contribution in [0.5, 0.6) is 5.75 Å². The zero-order valence-corrected chi connectivity index (χ0v) is 20.6. The molecule has 4 heterocycles. The van der Waals surface area contributed by atoms with E-state index in [2.05, 4.69) is 15.1 Å². The fourth-order valence-corrected chi connectivity index (χ4v) is 4.71. The van der Waals surface area contributed by atoms with E-state index in [0.717, 1.165) is 27.9 Å². The molecular weight excluding hydrogens is 480 g/mol. The Morgan fingerprint density at radius 1 is 1.14 bits per heavy atom. The highest BCUT2D eigenvalue weighted by Gasteiger charge is 2.37. The van der Waals surface area contributed by atoms with E-state index in [1.54, 1.807) is 42.0 Å². The molecule has 1 saturated heterocycles. The largest absolute Gasteiger partial charge is 0.481 e. The molecule has 0 atom stereocenters. The highest BCUT2D eigenvalue weighted by Crippen LogP contribution is 2.33. The molecular formula is C27H27F2N5O3. The van der Waals surface area contributed by atoms with Crippen LogP contribution in [-0.4, -0.2) is 50.4 Å². The summed E-state index contributed by atoms with van der Waals surface area (Å²) in [5.74, 6) is -0.0371. The zero-order valence-electron chi connectivity index (χ0n) is 20.6. The second-order valence-corrected chi connectivity index (χ2v) is 9.60. The summed E-state index contributed by atoms with van der Waals surface area (Å²) in [5.41, 5.74) is 4.24. The number of halogens is 2. The Bertz CT molecular complexity index is 1430. The van der Waals surface area contributed by atoms with Crippen LogP contribution in [0.3, 0.4) is 0 Å². The number of nitrogens with zero attached hydrogens (tertiary/aromatic N) is 5. The second kappa shape index (κ2) is 9.76. The van der Waals surface area contributed by atoms with Gasteiger partial charge in [0.1, 0.15) is 5.75 Å². The average molecular weight is 508 g/mol. The molecule has 0 amide bonds. The number of aryl methyl sites for hydroxylation is 1. The molecule has 4 aromatic rings. The number of piperidine rings is 1. The van der Waals surface area contributed by atoms with E-state index in [-0.39, 0.29) is 5.75 Å². The first kappa shape index (κ1) is 24.6. The number of hydrogen-bond donors (Lipinski definition) is 1. The Morgan fingerprint density at radius 3 is 2.51 bits per heavy atom. The zero-order chi connectivity index (χ0) is 26.2. The number of carboxylic acid groups (broad SMARTS) is 1. The van der Waals surface area contributed by atoms with Gasteiger partial charge in [0.05, 0.1) is 16.6 Å². The number of anilines is 1. The van der Waals surface area contributed by atoms with Gasteiger partial charge >= 0.3 is 12.6 Å². The fraction of sp³-hybridized carbons (Fsp3) is 0.333. The number of ether oxygens (including phenoxy) is 1. The standard InChI is InChI=1S/C27H27F2N5O3/c1-17-21(13-19-5-3-4-6-23(19)37-25(28)29)22-14-18(7-10-34(22)32-17)20-15-30-26(31-16-20)33-11-8-27(2,9-12-33)24(35)36/h3-7,10,14-16,25H,8-9,11-13H2,1-2H3,(H,35,36). The van der Waals surface area contributed by atoms with Gasteiger partial charge in [-0.3, -0.25) is 4.79 Å². The van der Waals surface area contributed by atoms with Crippen LogP contribution in [-0.2, 0) is 11.2 Å². The molecule has 0 radical (unpaired) electrons. The number of aromatic nitrogens is 4. The molecule has 3 aromatic heterocycles. The third-order valence-corrected chi connectivity index (χ3v) is 7.13. The van der Waals surface area contributed by atoms with Crippen molar-refractivity contribution in [2.75, 3.05) is 18.0 Å². The summed E-state index contributed by atoms with van der Waals surface area (Å²) in [6.07, 6.45) is 6.84. The van der Waals surface area contributed by atoms with E-state index in [1.807, 2.05) is 30.2 Å². The van der Waals surface area contributed by atoms with Gasteiger partial charge in [0.25, 0.3) is 0 Å². The van der Waals surface area contributed by atoms with Crippen molar-refractivity contribution in [1.82, 2.24) is 19.6 Å². The molecule has 1 aliphatic heterocycles. The molecule has 192 valence electrons. The van der Waals surface area contributed by atoms with Crippen LogP contribution < -0.4 is 9.64 Å². The van der Waals surface area contributed by atoms with Crippen LogP contribution in [0.2, 0.25) is 0 Å². The van der Waals surface area contributed by atoms with Crippen molar-refractivity contribution in [2.24, 2.45) is 5.41 Å². The summed E-state index contributed by atoms with van der Waals surface area (Å²) in [4.78, 5) is 22.6. The predicted octanol–water partition coefficient (Wildman–Crippen LogP) is 4.98. The molecule has 5 rings (SSSR count). The average Bonchev–Trinajstić information content (AvgIpc) is 3.19. The summed E-state index contributed by atoms with van der Waals surface area (Å²) in [7, 11) is 0. The summed E-state index contributed by atoms with van der Waals surface area (Å²) in [6.45, 7) is 1.95. The predicted molar refractivity (Wildman–Crippen MR) is 134 cm³/mol. The minimum absolute atomic E-state index is 0.151. The Hall–Kier alpha value is -4.08. The Kier molecular flexibility index (Phi) is 6.49. The van der Waals surface area contributed by atoms with Crippen LogP contribution in [0.15, 0.2) is 55.0 Å². The molecule has 0 bridgehead atoms. The van der Waals surface area contributed by atoms with E-state index >= 15 is 0 Å². The number of carbonyl (C=O) groups is 1. The number of hydrogen-bond acceptors (Lipinski definition) is 6. The molecule has 8 nitrogen and oxygen atoms in total. The van der Waals surface area contributed by atoms with E-state index in [1.165, 1.54) is 6.07 Å². The van der Waals surface area contributed by atoms with E-state index in [0.29, 0.717) is 43.9 Å². The number of pyridine rings is 1. The molecule has 0 aliphatic carbocycles. The monoisotopic (exact) mass is 507 g/mol. The third-order valence-electron chi connectivity index (χ3n) is 7.13. The van der Waals surface area contributed by atoms with Crippen molar-refractivity contribution < 1.29 is 23.4 Å². The topological polar surface area (TPSA) is 92.9 Å². The van der Waals surface area contributed by atoms with Crippen molar-refractivity contribution in [3.05, 3.63) is 71.8 Å². The van der Waals surface area contributed by atoms with Gasteiger partial charge in [-0.1, -0.05) is 18.2 Å². The lowest BCUT2D eigenvalue weighted by molar-refractivity contribution is -0.149. The number of fused-ring (bicyclic) bond motifs is 1. The smallest absolute Gasteiger partial charge is 0.387 e. The van der Waals surface area contributed by atoms with Gasteiger partial charge in [-0.2, -0.15) is 13.9 Å². The number of aliphatic carboxylic acids is 1. The molecule has 37 heavy (non-hydrogen) atoms. The molecule has 1 N–H and O–H groups in total. The summed E-state index contributed by atoms with van der Waals surface area (Å²) >= 11 is 0. The van der Waals surface area contributed by atoms with Crippen molar-refractivity contribution in [3.8, 4) is 16.9 Å². The minimum atomic E-state index is -2.90. The van der Waals surface area contributed by atoms with Crippen LogP contribution in [0.1, 0.15) is 36.6 Å². The van der Waals surface area contributed by atoms with Gasteiger partial charge in [0, 0.05) is 49.2 Å². The molecule has 1 aromatic carbocycles. The van der Waals surface area contributed by atoms with E-state index < -0.39 is 18.0 Å². The maximum absolute atomic E-state index is 12.9. The summed E-state index contributed by atoms with van der Waals surface area (Å²) in [5, 5.41) is 14.0. The van der Waals surface area contributed by atoms with Crippen molar-refractivity contribution in [3.63, 3.8) is 0 Å². The Morgan fingerprint density at radius 2 is 1.84 bits per heavy atom. The van der Waals surface area contributed by atoms with Gasteiger partial charge < -0.3 is 14.7 Å². The second-order valence-electron chi connectivity index (χ2n) is 9.60.